The molecule has 0 atom stereocenters. The zero-order chi connectivity index (χ0) is 38.9. The number of furan rings is 1. The molecule has 1 heteroatoms. The van der Waals surface area contributed by atoms with Gasteiger partial charge in [0.15, 0.2) is 0 Å². The molecule has 0 saturated carbocycles. The summed E-state index contributed by atoms with van der Waals surface area (Å²) >= 11 is 0. The van der Waals surface area contributed by atoms with E-state index in [1.807, 2.05) is 0 Å². The van der Waals surface area contributed by atoms with Gasteiger partial charge in [-0.05, 0) is 129 Å². The fourth-order valence-electron chi connectivity index (χ4n) is 9.68. The summed E-state index contributed by atoms with van der Waals surface area (Å²) < 4.78 is 6.73. The highest BCUT2D eigenvalue weighted by Crippen LogP contribution is 2.47. The van der Waals surface area contributed by atoms with Gasteiger partial charge < -0.3 is 4.42 Å². The fraction of sp³-hybridized carbons (Fsp3) is 0. The Morgan fingerprint density at radius 1 is 0.186 bits per heavy atom. The zero-order valence-electron chi connectivity index (χ0n) is 32.2. The first kappa shape index (κ1) is 33.4. The van der Waals surface area contributed by atoms with Crippen LogP contribution in [0.25, 0.3) is 121 Å². The van der Waals surface area contributed by atoms with Gasteiger partial charge in [-0.3, -0.25) is 0 Å². The summed E-state index contributed by atoms with van der Waals surface area (Å²) in [5.74, 6) is 0. The van der Waals surface area contributed by atoms with Crippen molar-refractivity contribution in [3.8, 4) is 55.6 Å². The van der Waals surface area contributed by atoms with Crippen molar-refractivity contribution in [1.82, 2.24) is 0 Å². The summed E-state index contributed by atoms with van der Waals surface area (Å²) in [5.41, 5.74) is 14.0. The predicted octanol–water partition coefficient (Wildman–Crippen LogP) is 16.5. The van der Waals surface area contributed by atoms with Crippen LogP contribution in [-0.4, -0.2) is 0 Å². The lowest BCUT2D eigenvalue weighted by Crippen LogP contribution is -1.91. The van der Waals surface area contributed by atoms with E-state index < -0.39 is 0 Å². The molecule has 1 nitrogen and oxygen atoms in total. The normalized spacial score (nSPS) is 11.7. The van der Waals surface area contributed by atoms with Crippen LogP contribution in [0.2, 0.25) is 0 Å². The van der Waals surface area contributed by atoms with Crippen molar-refractivity contribution in [3.63, 3.8) is 0 Å². The van der Waals surface area contributed by atoms with E-state index in [2.05, 4.69) is 218 Å². The molecule has 59 heavy (non-hydrogen) atoms. The van der Waals surface area contributed by atoms with Crippen LogP contribution in [-0.2, 0) is 0 Å². The number of hydrogen-bond donors (Lipinski definition) is 0. The highest BCUT2D eigenvalue weighted by molar-refractivity contribution is 6.24. The molecule has 0 fully saturated rings. The van der Waals surface area contributed by atoms with Gasteiger partial charge in [-0.25, -0.2) is 0 Å². The lowest BCUT2D eigenvalue weighted by molar-refractivity contribution is 0.669. The van der Waals surface area contributed by atoms with E-state index in [-0.39, 0.29) is 0 Å². The molecule has 1 aromatic heterocycles. The van der Waals surface area contributed by atoms with E-state index in [9.17, 15) is 0 Å². The summed E-state index contributed by atoms with van der Waals surface area (Å²) in [6, 6.07) is 79.3. The fourth-order valence-corrected chi connectivity index (χ4v) is 9.68. The molecule has 0 N–H and O–H groups in total. The lowest BCUT2D eigenvalue weighted by atomic mass is 9.85. The minimum absolute atomic E-state index is 0.886. The Hall–Kier alpha value is -7.74. The SMILES string of the molecule is c1ccc(-c2cccc(-c3c4ccccc4c(-c4ccc5c(c4)oc4ccc(-c6c7ccccc7c(-c7ccccc7)c7ccccc67)cc45)c4ccccc34)c2)cc1. The standard InChI is InChI=1S/C58H36O/c1-3-16-37(17-4-1)39-20-15-21-40(34-39)56-48-26-11-13-28-50(48)58(51-29-14-12-27-49(51)56)42-30-32-43-52-35-41(31-33-53(52)59-54(43)36-42)57-46-24-9-7-22-44(46)55(38-18-5-2-6-19-38)45-23-8-10-25-47(45)57/h1-36H. The molecule has 0 radical (unpaired) electrons. The maximum Gasteiger partial charge on any atom is 0.136 e. The molecule has 12 rings (SSSR count). The van der Waals surface area contributed by atoms with E-state index >= 15 is 0 Å². The first-order valence-electron chi connectivity index (χ1n) is 20.3. The third-order valence-electron chi connectivity index (χ3n) is 12.2. The van der Waals surface area contributed by atoms with Gasteiger partial charge in [-0.1, -0.05) is 188 Å². The van der Waals surface area contributed by atoms with Crippen molar-refractivity contribution in [1.29, 1.82) is 0 Å². The van der Waals surface area contributed by atoms with Crippen molar-refractivity contribution in [2.45, 2.75) is 0 Å². The van der Waals surface area contributed by atoms with E-state index in [0.717, 1.165) is 27.5 Å². The minimum atomic E-state index is 0.886. The van der Waals surface area contributed by atoms with Crippen LogP contribution >= 0.6 is 0 Å². The average Bonchev–Trinajstić information content (AvgIpc) is 3.67. The summed E-state index contributed by atoms with van der Waals surface area (Å²) in [6.07, 6.45) is 0. The Bertz CT molecular complexity index is 3480. The first-order valence-corrected chi connectivity index (χ1v) is 20.3. The van der Waals surface area contributed by atoms with Crippen LogP contribution in [0.5, 0.6) is 0 Å². The summed E-state index contributed by atoms with van der Waals surface area (Å²) in [6.45, 7) is 0. The molecule has 0 spiro atoms. The van der Waals surface area contributed by atoms with Gasteiger partial charge in [0.1, 0.15) is 11.2 Å². The number of benzene rings is 11. The molecule has 0 bridgehead atoms. The van der Waals surface area contributed by atoms with Crippen molar-refractivity contribution < 1.29 is 4.42 Å². The van der Waals surface area contributed by atoms with Crippen LogP contribution < -0.4 is 0 Å². The Kier molecular flexibility index (Phi) is 7.61. The van der Waals surface area contributed by atoms with Gasteiger partial charge in [0.2, 0.25) is 0 Å². The Morgan fingerprint density at radius 3 is 1.07 bits per heavy atom. The third kappa shape index (κ3) is 5.33. The highest BCUT2D eigenvalue weighted by Gasteiger charge is 2.20. The first-order chi connectivity index (χ1) is 29.3. The van der Waals surface area contributed by atoms with Gasteiger partial charge in [0, 0.05) is 10.8 Å². The van der Waals surface area contributed by atoms with Crippen LogP contribution in [0.4, 0.5) is 0 Å². The molecule has 1 heterocycles. The quantitative estimate of drug-likeness (QED) is 0.160. The van der Waals surface area contributed by atoms with Crippen molar-refractivity contribution in [2.24, 2.45) is 0 Å². The van der Waals surface area contributed by atoms with Gasteiger partial charge in [-0.2, -0.15) is 0 Å². The van der Waals surface area contributed by atoms with E-state index in [4.69, 9.17) is 4.42 Å². The van der Waals surface area contributed by atoms with E-state index in [1.165, 1.54) is 93.2 Å². The smallest absolute Gasteiger partial charge is 0.136 e. The van der Waals surface area contributed by atoms with Crippen molar-refractivity contribution in [3.05, 3.63) is 218 Å². The Morgan fingerprint density at radius 2 is 0.559 bits per heavy atom. The van der Waals surface area contributed by atoms with Crippen molar-refractivity contribution in [2.75, 3.05) is 0 Å². The van der Waals surface area contributed by atoms with Crippen LogP contribution in [0.15, 0.2) is 223 Å². The molecular weight excluding hydrogens is 713 g/mol. The predicted molar refractivity (Wildman–Crippen MR) is 251 cm³/mol. The molecule has 0 aliphatic carbocycles. The molecule has 11 aromatic carbocycles. The number of fused-ring (bicyclic) bond motifs is 7. The molecular formula is C58H36O. The highest BCUT2D eigenvalue weighted by atomic mass is 16.3. The second-order valence-corrected chi connectivity index (χ2v) is 15.5. The van der Waals surface area contributed by atoms with Gasteiger partial charge in [0.05, 0.1) is 0 Å². The number of hydrogen-bond acceptors (Lipinski definition) is 1. The summed E-state index contributed by atoms with van der Waals surface area (Å²) in [5, 5.41) is 12.1. The van der Waals surface area contributed by atoms with Crippen LogP contribution in [0, 0.1) is 0 Å². The second-order valence-electron chi connectivity index (χ2n) is 15.5. The molecule has 12 aromatic rings. The van der Waals surface area contributed by atoms with Crippen LogP contribution in [0.3, 0.4) is 0 Å². The molecule has 0 aliphatic heterocycles. The molecule has 0 saturated heterocycles. The summed E-state index contributed by atoms with van der Waals surface area (Å²) in [7, 11) is 0. The largest absolute Gasteiger partial charge is 0.456 e. The monoisotopic (exact) mass is 748 g/mol. The zero-order valence-corrected chi connectivity index (χ0v) is 32.2. The minimum Gasteiger partial charge on any atom is -0.456 e. The van der Waals surface area contributed by atoms with Crippen molar-refractivity contribution >= 4 is 65.0 Å². The Labute approximate surface area is 342 Å². The molecule has 274 valence electrons. The van der Waals surface area contributed by atoms with E-state index in [0.29, 0.717) is 0 Å². The molecule has 0 aliphatic rings. The summed E-state index contributed by atoms with van der Waals surface area (Å²) in [4.78, 5) is 0. The second kappa shape index (κ2) is 13.4. The molecule has 0 unspecified atom stereocenters. The topological polar surface area (TPSA) is 13.1 Å². The maximum atomic E-state index is 6.73. The lowest BCUT2D eigenvalue weighted by Gasteiger charge is -2.18. The van der Waals surface area contributed by atoms with Gasteiger partial charge >= 0.3 is 0 Å². The maximum absolute atomic E-state index is 6.73. The van der Waals surface area contributed by atoms with Gasteiger partial charge in [-0.15, -0.1) is 0 Å². The van der Waals surface area contributed by atoms with Crippen LogP contribution in [0.1, 0.15) is 0 Å². The Balaban J connectivity index is 1.04. The average molecular weight is 749 g/mol. The van der Waals surface area contributed by atoms with E-state index in [1.54, 1.807) is 0 Å². The third-order valence-corrected chi connectivity index (χ3v) is 12.2. The molecule has 0 amide bonds. The number of rotatable bonds is 5. The van der Waals surface area contributed by atoms with Gasteiger partial charge in [0.25, 0.3) is 0 Å².